The van der Waals surface area contributed by atoms with Crippen LogP contribution in [0.4, 0.5) is 0 Å². The van der Waals surface area contributed by atoms with E-state index in [0.717, 1.165) is 44.9 Å². The first-order chi connectivity index (χ1) is 20.9. The Morgan fingerprint density at radius 1 is 0.682 bits per heavy atom. The van der Waals surface area contributed by atoms with Crippen molar-refractivity contribution in [2.24, 2.45) is 5.92 Å². The van der Waals surface area contributed by atoms with E-state index in [1.807, 2.05) is 21.1 Å². The lowest BCUT2D eigenvalue weighted by Crippen LogP contribution is -2.37. The Morgan fingerprint density at radius 2 is 1.16 bits per heavy atom. The second-order valence-electron chi connectivity index (χ2n) is 13.3. The molecule has 1 N–H and O–H groups in total. The van der Waals surface area contributed by atoms with Gasteiger partial charge in [0.25, 0.3) is 0 Å². The number of phosphoric acid groups is 1. The normalized spacial score (nSPS) is 14.0. The standard InChI is InChI=1S/C34H68NO8P/c1-7-10-13-14-15-16-17-18-19-20-21-22-23-26-33(36)40-29-32(30-42-44(38,39)41-28-27-35(4,5)6)43-34(37)31(24-11-8-2)25-12-9-3/h31-32H,7-30H2,1-6H3/p+1/t32-/m1/s1. The van der Waals surface area contributed by atoms with Crippen LogP contribution in [0.5, 0.6) is 0 Å². The van der Waals surface area contributed by atoms with Gasteiger partial charge in [0.15, 0.2) is 6.10 Å². The van der Waals surface area contributed by atoms with Crippen molar-refractivity contribution in [3.8, 4) is 0 Å². The third kappa shape index (κ3) is 27.3. The van der Waals surface area contributed by atoms with Crippen molar-refractivity contribution < 1.29 is 42.1 Å². The van der Waals surface area contributed by atoms with Gasteiger partial charge in [0, 0.05) is 6.42 Å². The van der Waals surface area contributed by atoms with Crippen LogP contribution >= 0.6 is 7.82 Å². The topological polar surface area (TPSA) is 108 Å². The molecule has 0 rings (SSSR count). The molecule has 9 nitrogen and oxygen atoms in total. The smallest absolute Gasteiger partial charge is 0.462 e. The zero-order valence-electron chi connectivity index (χ0n) is 29.3. The van der Waals surface area contributed by atoms with Crippen molar-refractivity contribution in [3.63, 3.8) is 0 Å². The fourth-order valence-corrected chi connectivity index (χ4v) is 5.59. The van der Waals surface area contributed by atoms with E-state index < -0.39 is 20.5 Å². The minimum atomic E-state index is -4.37. The number of unbranched alkanes of at least 4 members (excludes halogenated alkanes) is 14. The zero-order valence-corrected chi connectivity index (χ0v) is 30.2. The van der Waals surface area contributed by atoms with Gasteiger partial charge in [-0.1, -0.05) is 124 Å². The van der Waals surface area contributed by atoms with Crippen LogP contribution in [0, 0.1) is 5.92 Å². The van der Waals surface area contributed by atoms with Crippen molar-refractivity contribution in [1.29, 1.82) is 0 Å². The molecule has 0 fully saturated rings. The Morgan fingerprint density at radius 3 is 1.64 bits per heavy atom. The third-order valence-electron chi connectivity index (χ3n) is 7.78. The molecule has 0 aliphatic rings. The second kappa shape index (κ2) is 27.2. The lowest BCUT2D eigenvalue weighted by molar-refractivity contribution is -0.870. The molecule has 0 aromatic carbocycles. The summed E-state index contributed by atoms with van der Waals surface area (Å²) in [4.78, 5) is 35.7. The number of rotatable bonds is 31. The zero-order chi connectivity index (χ0) is 33.1. The molecule has 0 aromatic heterocycles. The average molecular weight is 651 g/mol. The van der Waals surface area contributed by atoms with Crippen molar-refractivity contribution in [2.75, 3.05) is 47.5 Å². The Kier molecular flexibility index (Phi) is 26.5. The summed E-state index contributed by atoms with van der Waals surface area (Å²) in [5.74, 6) is -1.01. The first kappa shape index (κ1) is 43.0. The molecule has 44 heavy (non-hydrogen) atoms. The third-order valence-corrected chi connectivity index (χ3v) is 8.77. The van der Waals surface area contributed by atoms with E-state index in [0.29, 0.717) is 30.3 Å². The van der Waals surface area contributed by atoms with Gasteiger partial charge in [-0.15, -0.1) is 0 Å². The summed E-state index contributed by atoms with van der Waals surface area (Å²) in [6.45, 7) is 6.32. The molecule has 0 spiro atoms. The minimum absolute atomic E-state index is 0.0337. The minimum Gasteiger partial charge on any atom is -0.462 e. The van der Waals surface area contributed by atoms with Gasteiger partial charge in [-0.05, 0) is 19.3 Å². The first-order valence-corrected chi connectivity index (χ1v) is 19.2. The quantitative estimate of drug-likeness (QED) is 0.0343. The van der Waals surface area contributed by atoms with E-state index in [9.17, 15) is 19.0 Å². The number of likely N-dealkylation sites (N-methyl/N-ethyl adjacent to an activating group) is 1. The number of carbonyl (C=O) groups excluding carboxylic acids is 2. The van der Waals surface area contributed by atoms with Crippen LogP contribution in [0.25, 0.3) is 0 Å². The lowest BCUT2D eigenvalue weighted by atomic mass is 9.96. The highest BCUT2D eigenvalue weighted by Gasteiger charge is 2.29. The maximum atomic E-state index is 13.0. The predicted octanol–water partition coefficient (Wildman–Crippen LogP) is 8.76. The van der Waals surface area contributed by atoms with Gasteiger partial charge < -0.3 is 18.9 Å². The first-order valence-electron chi connectivity index (χ1n) is 17.7. The number of carbonyl (C=O) groups is 2. The van der Waals surface area contributed by atoms with Crippen LogP contribution in [0.1, 0.15) is 149 Å². The van der Waals surface area contributed by atoms with Crippen LogP contribution in [-0.4, -0.2) is 74.9 Å². The number of esters is 2. The van der Waals surface area contributed by atoms with Crippen LogP contribution < -0.4 is 0 Å². The summed E-state index contributed by atoms with van der Waals surface area (Å²) in [5.41, 5.74) is 0. The van der Waals surface area contributed by atoms with E-state index in [4.69, 9.17) is 18.5 Å². The van der Waals surface area contributed by atoms with Gasteiger partial charge in [0.05, 0.1) is 33.7 Å². The van der Waals surface area contributed by atoms with Crippen LogP contribution in [-0.2, 0) is 32.7 Å². The van der Waals surface area contributed by atoms with Crippen LogP contribution in [0.15, 0.2) is 0 Å². The SMILES string of the molecule is CCCCCCCCCCCCCCCC(=O)OC[C@H](COP(=O)(O)OCC[N+](C)(C)C)OC(=O)C(CCCC)CCCC. The Balaban J connectivity index is 4.65. The summed E-state index contributed by atoms with van der Waals surface area (Å²) in [6, 6.07) is 0. The summed E-state index contributed by atoms with van der Waals surface area (Å²) in [5, 5.41) is 0. The maximum absolute atomic E-state index is 13.0. The fourth-order valence-electron chi connectivity index (χ4n) is 4.85. The Hall–Kier alpha value is -0.990. The van der Waals surface area contributed by atoms with E-state index in [1.54, 1.807) is 0 Å². The molecule has 0 aromatic rings. The highest BCUT2D eigenvalue weighted by atomic mass is 31.2. The van der Waals surface area contributed by atoms with Crippen molar-refractivity contribution in [2.45, 2.75) is 155 Å². The largest absolute Gasteiger partial charge is 0.472 e. The number of phosphoric ester groups is 1. The summed E-state index contributed by atoms with van der Waals surface area (Å²) in [6.07, 6.45) is 20.5. The molecule has 0 saturated heterocycles. The molecule has 0 radical (unpaired) electrons. The molecule has 262 valence electrons. The van der Waals surface area contributed by atoms with Crippen molar-refractivity contribution in [3.05, 3.63) is 0 Å². The molecule has 10 heteroatoms. The lowest BCUT2D eigenvalue weighted by Gasteiger charge is -2.25. The van der Waals surface area contributed by atoms with E-state index in [1.165, 1.54) is 64.2 Å². The van der Waals surface area contributed by atoms with E-state index in [-0.39, 0.29) is 31.1 Å². The highest BCUT2D eigenvalue weighted by molar-refractivity contribution is 7.47. The van der Waals surface area contributed by atoms with Gasteiger partial charge in [0.1, 0.15) is 19.8 Å². The monoisotopic (exact) mass is 650 g/mol. The molecule has 1 unspecified atom stereocenters. The number of hydrogen-bond donors (Lipinski definition) is 1. The van der Waals surface area contributed by atoms with E-state index >= 15 is 0 Å². The van der Waals surface area contributed by atoms with Crippen molar-refractivity contribution in [1.82, 2.24) is 0 Å². The van der Waals surface area contributed by atoms with Gasteiger partial charge in [-0.2, -0.15) is 0 Å². The molecular formula is C34H69NO8P+. The van der Waals surface area contributed by atoms with Gasteiger partial charge in [-0.25, -0.2) is 4.57 Å². The summed E-state index contributed by atoms with van der Waals surface area (Å²) < 4.78 is 34.4. The molecule has 0 amide bonds. The molecule has 0 saturated carbocycles. The number of hydrogen-bond acceptors (Lipinski definition) is 7. The number of ether oxygens (including phenoxy) is 2. The molecule has 0 aliphatic carbocycles. The maximum Gasteiger partial charge on any atom is 0.472 e. The van der Waals surface area contributed by atoms with Gasteiger partial charge >= 0.3 is 19.8 Å². The van der Waals surface area contributed by atoms with Crippen LogP contribution in [0.2, 0.25) is 0 Å². The van der Waals surface area contributed by atoms with Gasteiger partial charge in [0.2, 0.25) is 0 Å². The Labute approximate surface area is 270 Å². The van der Waals surface area contributed by atoms with Crippen LogP contribution in [0.3, 0.4) is 0 Å². The molecule has 0 heterocycles. The summed E-state index contributed by atoms with van der Waals surface area (Å²) >= 11 is 0. The fraction of sp³-hybridized carbons (Fsp3) is 0.941. The second-order valence-corrected chi connectivity index (χ2v) is 14.8. The molecule has 0 aliphatic heterocycles. The molecule has 2 atom stereocenters. The van der Waals surface area contributed by atoms with Crippen molar-refractivity contribution >= 4 is 19.8 Å². The number of nitrogens with zero attached hydrogens (tertiary/aromatic N) is 1. The Bertz CT molecular complexity index is 750. The predicted molar refractivity (Wildman–Crippen MR) is 178 cm³/mol. The summed E-state index contributed by atoms with van der Waals surface area (Å²) in [7, 11) is 1.47. The van der Waals surface area contributed by atoms with E-state index in [2.05, 4.69) is 20.8 Å². The molecule has 0 bridgehead atoms. The van der Waals surface area contributed by atoms with Gasteiger partial charge in [-0.3, -0.25) is 18.6 Å². The molecular weight excluding hydrogens is 581 g/mol. The number of quaternary nitrogens is 1. The average Bonchev–Trinajstić information content (AvgIpc) is 2.96. The highest BCUT2D eigenvalue weighted by Crippen LogP contribution is 2.43.